The van der Waals surface area contributed by atoms with Gasteiger partial charge in [-0.3, -0.25) is 0 Å². The van der Waals surface area contributed by atoms with E-state index in [1.807, 2.05) is 44.2 Å². The highest BCUT2D eigenvalue weighted by molar-refractivity contribution is 5.14. The fraction of sp³-hybridized carbons (Fsp3) is 0.467. The maximum atomic E-state index is 10.1. The van der Waals surface area contributed by atoms with Gasteiger partial charge < -0.3 is 9.84 Å². The molecule has 2 nitrogen and oxygen atoms in total. The lowest BCUT2D eigenvalue weighted by molar-refractivity contribution is -0.0457. The van der Waals surface area contributed by atoms with Crippen molar-refractivity contribution < 1.29 is 9.84 Å². The Hall–Kier alpha value is -1.28. The fourth-order valence-electron chi connectivity index (χ4n) is 1.27. The van der Waals surface area contributed by atoms with Crippen LogP contribution in [0.15, 0.2) is 42.7 Å². The smallest absolute Gasteiger partial charge is 0.113 e. The van der Waals surface area contributed by atoms with Gasteiger partial charge in [0.1, 0.15) is 6.61 Å². The molecule has 94 valence electrons. The Labute approximate surface area is 104 Å². The van der Waals surface area contributed by atoms with Gasteiger partial charge in [-0.1, -0.05) is 50.8 Å². The van der Waals surface area contributed by atoms with Crippen LogP contribution in [0.5, 0.6) is 0 Å². The zero-order valence-electron chi connectivity index (χ0n) is 11.2. The van der Waals surface area contributed by atoms with Crippen LogP contribution in [0.25, 0.3) is 0 Å². The summed E-state index contributed by atoms with van der Waals surface area (Å²) in [5, 5.41) is 10.1. The highest BCUT2D eigenvalue weighted by Gasteiger charge is 2.38. The SMILES string of the molecule is C=C(OCc1ccccc1)C(C)(C)C(C)(C)O. The molecular formula is C15H22O2. The molecule has 1 N–H and O–H groups in total. The van der Waals surface area contributed by atoms with Gasteiger partial charge in [-0.15, -0.1) is 0 Å². The first-order valence-electron chi connectivity index (χ1n) is 5.83. The summed E-state index contributed by atoms with van der Waals surface area (Å²) in [5.74, 6) is 0.605. The Balaban J connectivity index is 2.62. The van der Waals surface area contributed by atoms with Gasteiger partial charge in [0.15, 0.2) is 0 Å². The molecular weight excluding hydrogens is 212 g/mol. The average Bonchev–Trinajstić information content (AvgIpc) is 2.25. The molecule has 1 aromatic carbocycles. The maximum absolute atomic E-state index is 10.1. The van der Waals surface area contributed by atoms with E-state index in [2.05, 4.69) is 6.58 Å². The summed E-state index contributed by atoms with van der Waals surface area (Å²) in [6.07, 6.45) is 0. The first-order chi connectivity index (χ1) is 7.75. The quantitative estimate of drug-likeness (QED) is 0.790. The van der Waals surface area contributed by atoms with Gasteiger partial charge in [-0.2, -0.15) is 0 Å². The third-order valence-electron chi connectivity index (χ3n) is 3.48. The predicted octanol–water partition coefficient (Wildman–Crippen LogP) is 3.51. The van der Waals surface area contributed by atoms with Gasteiger partial charge in [0.25, 0.3) is 0 Å². The van der Waals surface area contributed by atoms with Crippen LogP contribution in [0.4, 0.5) is 0 Å². The summed E-state index contributed by atoms with van der Waals surface area (Å²) in [6, 6.07) is 9.93. The standard InChI is InChI=1S/C15H22O2/c1-12(14(2,3)15(4,5)16)17-11-13-9-7-6-8-10-13/h6-10,16H,1,11H2,2-5H3. The van der Waals surface area contributed by atoms with Crippen LogP contribution < -0.4 is 0 Å². The Bertz CT molecular complexity index is 372. The third kappa shape index (κ3) is 3.34. The van der Waals surface area contributed by atoms with Crippen molar-refractivity contribution in [2.75, 3.05) is 0 Å². The van der Waals surface area contributed by atoms with Crippen molar-refractivity contribution in [1.82, 2.24) is 0 Å². The van der Waals surface area contributed by atoms with Gasteiger partial charge in [-0.05, 0) is 19.4 Å². The van der Waals surface area contributed by atoms with E-state index in [-0.39, 0.29) is 0 Å². The monoisotopic (exact) mass is 234 g/mol. The Morgan fingerprint density at radius 3 is 2.18 bits per heavy atom. The number of hydrogen-bond donors (Lipinski definition) is 1. The van der Waals surface area contributed by atoms with Crippen molar-refractivity contribution in [3.8, 4) is 0 Å². The molecule has 2 heteroatoms. The molecule has 17 heavy (non-hydrogen) atoms. The highest BCUT2D eigenvalue weighted by Crippen LogP contribution is 2.37. The molecule has 0 aromatic heterocycles. The van der Waals surface area contributed by atoms with Crippen molar-refractivity contribution >= 4 is 0 Å². The molecule has 0 unspecified atom stereocenters. The molecule has 0 spiro atoms. The van der Waals surface area contributed by atoms with E-state index in [9.17, 15) is 5.11 Å². The second-order valence-electron chi connectivity index (χ2n) is 5.38. The lowest BCUT2D eigenvalue weighted by Crippen LogP contribution is -2.40. The van der Waals surface area contributed by atoms with Gasteiger partial charge in [-0.25, -0.2) is 0 Å². The summed E-state index contributed by atoms with van der Waals surface area (Å²) >= 11 is 0. The summed E-state index contributed by atoms with van der Waals surface area (Å²) in [7, 11) is 0. The van der Waals surface area contributed by atoms with E-state index in [0.717, 1.165) is 5.56 Å². The number of ether oxygens (including phenoxy) is 1. The molecule has 0 fully saturated rings. The Kier molecular flexibility index (Phi) is 3.99. The summed E-state index contributed by atoms with van der Waals surface area (Å²) in [6.45, 7) is 11.8. The minimum atomic E-state index is -0.860. The summed E-state index contributed by atoms with van der Waals surface area (Å²) in [4.78, 5) is 0. The van der Waals surface area contributed by atoms with Gasteiger partial charge >= 0.3 is 0 Å². The number of rotatable bonds is 5. The largest absolute Gasteiger partial charge is 0.493 e. The van der Waals surface area contributed by atoms with Crippen molar-refractivity contribution in [1.29, 1.82) is 0 Å². The van der Waals surface area contributed by atoms with E-state index in [1.165, 1.54) is 0 Å². The zero-order valence-corrected chi connectivity index (χ0v) is 11.2. The van der Waals surface area contributed by atoms with Crippen LogP contribution in [-0.4, -0.2) is 10.7 Å². The number of hydrogen-bond acceptors (Lipinski definition) is 2. The van der Waals surface area contributed by atoms with Crippen molar-refractivity contribution in [3.05, 3.63) is 48.2 Å². The molecule has 0 aliphatic rings. The molecule has 0 aliphatic carbocycles. The van der Waals surface area contributed by atoms with Crippen molar-refractivity contribution in [2.45, 2.75) is 39.9 Å². The van der Waals surface area contributed by atoms with Crippen LogP contribution in [0.2, 0.25) is 0 Å². The predicted molar refractivity (Wildman–Crippen MR) is 70.4 cm³/mol. The third-order valence-corrected chi connectivity index (χ3v) is 3.48. The fourth-order valence-corrected chi connectivity index (χ4v) is 1.27. The van der Waals surface area contributed by atoms with E-state index in [1.54, 1.807) is 13.8 Å². The van der Waals surface area contributed by atoms with Gasteiger partial charge in [0.05, 0.1) is 11.4 Å². The first-order valence-corrected chi connectivity index (χ1v) is 5.83. The van der Waals surface area contributed by atoms with E-state index < -0.39 is 11.0 Å². The average molecular weight is 234 g/mol. The molecule has 0 amide bonds. The second-order valence-corrected chi connectivity index (χ2v) is 5.38. The topological polar surface area (TPSA) is 29.5 Å². The normalized spacial score (nSPS) is 12.3. The summed E-state index contributed by atoms with van der Waals surface area (Å²) in [5.41, 5.74) is -0.247. The molecule has 0 atom stereocenters. The van der Waals surface area contributed by atoms with Crippen LogP contribution in [0.3, 0.4) is 0 Å². The van der Waals surface area contributed by atoms with Gasteiger partial charge in [0.2, 0.25) is 0 Å². The Morgan fingerprint density at radius 2 is 1.71 bits per heavy atom. The van der Waals surface area contributed by atoms with Crippen LogP contribution >= 0.6 is 0 Å². The van der Waals surface area contributed by atoms with Crippen LogP contribution in [-0.2, 0) is 11.3 Å². The molecule has 0 saturated heterocycles. The lowest BCUT2D eigenvalue weighted by atomic mass is 9.76. The molecule has 1 rings (SSSR count). The van der Waals surface area contributed by atoms with Crippen LogP contribution in [0.1, 0.15) is 33.3 Å². The number of aliphatic hydroxyl groups is 1. The lowest BCUT2D eigenvalue weighted by Gasteiger charge is -2.38. The molecule has 0 saturated carbocycles. The molecule has 0 bridgehead atoms. The zero-order chi connectivity index (χ0) is 13.1. The maximum Gasteiger partial charge on any atom is 0.113 e. The molecule has 0 aliphatic heterocycles. The van der Waals surface area contributed by atoms with E-state index in [0.29, 0.717) is 12.4 Å². The minimum absolute atomic E-state index is 0.484. The second kappa shape index (κ2) is 4.92. The molecule has 0 radical (unpaired) electrons. The number of benzene rings is 1. The molecule has 0 heterocycles. The van der Waals surface area contributed by atoms with Crippen molar-refractivity contribution in [3.63, 3.8) is 0 Å². The Morgan fingerprint density at radius 1 is 1.18 bits per heavy atom. The molecule has 1 aromatic rings. The first kappa shape index (κ1) is 13.8. The van der Waals surface area contributed by atoms with Gasteiger partial charge in [0, 0.05) is 5.41 Å². The summed E-state index contributed by atoms with van der Waals surface area (Å²) < 4.78 is 5.66. The van der Waals surface area contributed by atoms with E-state index >= 15 is 0 Å². The minimum Gasteiger partial charge on any atom is -0.493 e. The van der Waals surface area contributed by atoms with Crippen LogP contribution in [0, 0.1) is 5.41 Å². The van der Waals surface area contributed by atoms with Crippen molar-refractivity contribution in [2.24, 2.45) is 5.41 Å². The van der Waals surface area contributed by atoms with E-state index in [4.69, 9.17) is 4.74 Å². The highest BCUT2D eigenvalue weighted by atomic mass is 16.5.